The molecule has 2 aliphatic rings. The van der Waals surface area contributed by atoms with E-state index in [-0.39, 0.29) is 5.97 Å². The number of epoxide rings is 1. The largest absolute Gasteiger partial charge is 0.500 e. The van der Waals surface area contributed by atoms with Crippen molar-refractivity contribution in [2.24, 2.45) is 5.92 Å². The highest BCUT2D eigenvalue weighted by atomic mass is 28.4. The fourth-order valence-corrected chi connectivity index (χ4v) is 5.50. The molecule has 0 aromatic rings. The van der Waals surface area contributed by atoms with E-state index < -0.39 is 8.80 Å². The number of rotatable bonds is 12. The Morgan fingerprint density at radius 1 is 1.16 bits per heavy atom. The van der Waals surface area contributed by atoms with Crippen LogP contribution in [0.3, 0.4) is 0 Å². The molecule has 1 aliphatic heterocycles. The van der Waals surface area contributed by atoms with Gasteiger partial charge in [-0.1, -0.05) is 6.58 Å². The Hall–Kier alpha value is -0.733. The first-order chi connectivity index (χ1) is 12.0. The topological polar surface area (TPSA) is 66.5 Å². The number of hydrogen-bond acceptors (Lipinski definition) is 6. The van der Waals surface area contributed by atoms with Gasteiger partial charge in [-0.15, -0.1) is 0 Å². The van der Waals surface area contributed by atoms with Gasteiger partial charge in [-0.2, -0.15) is 0 Å². The maximum atomic E-state index is 11.3. The summed E-state index contributed by atoms with van der Waals surface area (Å²) < 4.78 is 28.0. The van der Waals surface area contributed by atoms with Gasteiger partial charge in [-0.05, 0) is 51.4 Å². The van der Waals surface area contributed by atoms with Gasteiger partial charge >= 0.3 is 14.8 Å². The summed E-state index contributed by atoms with van der Waals surface area (Å²) in [5, 5.41) is 0. The molecule has 3 atom stereocenters. The zero-order valence-corrected chi connectivity index (χ0v) is 16.8. The number of unbranched alkanes of at least 4 members (excludes halogenated alkanes) is 1. The Labute approximate surface area is 152 Å². The minimum Gasteiger partial charge on any atom is -0.462 e. The summed E-state index contributed by atoms with van der Waals surface area (Å²) in [6.07, 6.45) is 7.24. The number of esters is 1. The van der Waals surface area contributed by atoms with Crippen LogP contribution in [0.5, 0.6) is 0 Å². The third kappa shape index (κ3) is 6.49. The summed E-state index contributed by atoms with van der Waals surface area (Å²) >= 11 is 0. The number of carbonyl (C=O) groups is 1. The first-order valence-electron chi connectivity index (χ1n) is 9.22. The molecule has 1 saturated carbocycles. The fraction of sp³-hybridized carbons (Fsp3) is 0.833. The van der Waals surface area contributed by atoms with E-state index in [2.05, 4.69) is 6.58 Å². The summed E-state index contributed by atoms with van der Waals surface area (Å²) in [5.41, 5.74) is 0.423. The van der Waals surface area contributed by atoms with Gasteiger partial charge in [0, 0.05) is 32.4 Å². The predicted octanol–water partition coefficient (Wildman–Crippen LogP) is 3.09. The first-order valence-corrected chi connectivity index (χ1v) is 11.1. The van der Waals surface area contributed by atoms with Gasteiger partial charge in [0.25, 0.3) is 0 Å². The predicted molar refractivity (Wildman–Crippen MR) is 96.2 cm³/mol. The van der Waals surface area contributed by atoms with Crippen molar-refractivity contribution in [2.45, 2.75) is 63.7 Å². The standard InChI is InChI=1S/C18H32O6Si/c1-14(2)18(19)22-10-5-6-11-23-25(20-3,21-4)12-9-15-7-8-16-17(13-15)24-16/h15-17H,1,5-13H2,2-4H3. The van der Waals surface area contributed by atoms with Crippen molar-refractivity contribution in [1.29, 1.82) is 0 Å². The second kappa shape index (κ2) is 9.82. The average molecular weight is 373 g/mol. The van der Waals surface area contributed by atoms with Crippen molar-refractivity contribution in [3.8, 4) is 0 Å². The molecule has 1 saturated heterocycles. The summed E-state index contributed by atoms with van der Waals surface area (Å²) in [6.45, 7) is 6.14. The molecule has 0 aromatic heterocycles. The molecule has 0 amide bonds. The lowest BCUT2D eigenvalue weighted by Crippen LogP contribution is -2.44. The molecule has 0 bridgehead atoms. The van der Waals surface area contributed by atoms with Crippen molar-refractivity contribution in [2.75, 3.05) is 27.4 Å². The van der Waals surface area contributed by atoms with Gasteiger partial charge in [-0.25, -0.2) is 4.79 Å². The number of ether oxygens (including phenoxy) is 2. The molecule has 0 radical (unpaired) electrons. The smallest absolute Gasteiger partial charge is 0.462 e. The highest BCUT2D eigenvalue weighted by Crippen LogP contribution is 2.41. The third-order valence-electron chi connectivity index (χ3n) is 5.04. The molecular formula is C18H32O6Si. The van der Waals surface area contributed by atoms with Gasteiger partial charge in [0.1, 0.15) is 0 Å². The van der Waals surface area contributed by atoms with Crippen LogP contribution in [0, 0.1) is 5.92 Å². The highest BCUT2D eigenvalue weighted by molar-refractivity contribution is 6.60. The Kier molecular flexibility index (Phi) is 8.09. The highest BCUT2D eigenvalue weighted by Gasteiger charge is 2.45. The van der Waals surface area contributed by atoms with Crippen LogP contribution in [0.2, 0.25) is 6.04 Å². The molecule has 2 rings (SSSR count). The van der Waals surface area contributed by atoms with Crippen molar-refractivity contribution in [3.63, 3.8) is 0 Å². The van der Waals surface area contributed by atoms with Gasteiger partial charge in [0.2, 0.25) is 0 Å². The molecule has 0 aromatic carbocycles. The van der Waals surface area contributed by atoms with Crippen molar-refractivity contribution >= 4 is 14.8 Å². The molecule has 2 fully saturated rings. The van der Waals surface area contributed by atoms with Crippen LogP contribution in [-0.2, 0) is 27.5 Å². The van der Waals surface area contributed by atoms with Gasteiger partial charge < -0.3 is 22.8 Å². The molecule has 3 unspecified atom stereocenters. The van der Waals surface area contributed by atoms with Crippen LogP contribution in [0.1, 0.15) is 45.4 Å². The van der Waals surface area contributed by atoms with E-state index >= 15 is 0 Å². The Balaban J connectivity index is 1.62. The third-order valence-corrected chi connectivity index (χ3v) is 7.82. The van der Waals surface area contributed by atoms with Crippen LogP contribution >= 0.6 is 0 Å². The van der Waals surface area contributed by atoms with E-state index in [1.807, 2.05) is 0 Å². The minimum absolute atomic E-state index is 0.340. The van der Waals surface area contributed by atoms with Crippen molar-refractivity contribution in [1.82, 2.24) is 0 Å². The summed E-state index contributed by atoms with van der Waals surface area (Å²) in [7, 11) is 0.745. The number of hydrogen-bond donors (Lipinski definition) is 0. The van der Waals surface area contributed by atoms with E-state index in [1.165, 1.54) is 12.8 Å². The SMILES string of the molecule is C=C(C)C(=O)OCCCCO[Si](CCC1CCC2OC2C1)(OC)OC. The second-order valence-electron chi connectivity index (χ2n) is 6.99. The van der Waals surface area contributed by atoms with E-state index in [0.717, 1.165) is 31.7 Å². The lowest BCUT2D eigenvalue weighted by Gasteiger charge is -2.28. The second-order valence-corrected chi connectivity index (χ2v) is 9.97. The molecule has 1 heterocycles. The molecule has 144 valence electrons. The lowest BCUT2D eigenvalue weighted by atomic mass is 9.88. The van der Waals surface area contributed by atoms with E-state index in [9.17, 15) is 4.79 Å². The molecule has 0 N–H and O–H groups in total. The van der Waals surface area contributed by atoms with Gasteiger partial charge in [0.15, 0.2) is 0 Å². The van der Waals surface area contributed by atoms with Crippen LogP contribution in [-0.4, -0.2) is 54.4 Å². The quantitative estimate of drug-likeness (QED) is 0.172. The monoisotopic (exact) mass is 372 g/mol. The lowest BCUT2D eigenvalue weighted by molar-refractivity contribution is -0.139. The van der Waals surface area contributed by atoms with Crippen LogP contribution in [0.4, 0.5) is 0 Å². The Morgan fingerprint density at radius 2 is 1.88 bits per heavy atom. The van der Waals surface area contributed by atoms with Gasteiger partial charge in [-0.3, -0.25) is 0 Å². The van der Waals surface area contributed by atoms with E-state index in [1.54, 1.807) is 21.1 Å². The molecular weight excluding hydrogens is 340 g/mol. The van der Waals surface area contributed by atoms with Crippen molar-refractivity contribution < 1.29 is 27.5 Å². The summed E-state index contributed by atoms with van der Waals surface area (Å²) in [5.74, 6) is 0.346. The van der Waals surface area contributed by atoms with Crippen molar-refractivity contribution in [3.05, 3.63) is 12.2 Å². The maximum absolute atomic E-state index is 11.3. The number of fused-ring (bicyclic) bond motifs is 1. The van der Waals surface area contributed by atoms with E-state index in [4.69, 9.17) is 22.8 Å². The number of carbonyl (C=O) groups excluding carboxylic acids is 1. The molecule has 7 heteroatoms. The zero-order valence-electron chi connectivity index (χ0n) is 15.8. The van der Waals surface area contributed by atoms with Gasteiger partial charge in [0.05, 0.1) is 18.8 Å². The summed E-state index contributed by atoms with van der Waals surface area (Å²) in [4.78, 5) is 11.3. The first kappa shape index (κ1) is 20.6. The maximum Gasteiger partial charge on any atom is 0.500 e. The Morgan fingerprint density at radius 3 is 2.52 bits per heavy atom. The molecule has 1 aliphatic carbocycles. The minimum atomic E-state index is -2.60. The Bertz CT molecular complexity index is 451. The normalized spacial score (nSPS) is 25.3. The molecule has 25 heavy (non-hydrogen) atoms. The van der Waals surface area contributed by atoms with Crippen LogP contribution in [0.15, 0.2) is 12.2 Å². The van der Waals surface area contributed by atoms with Crippen LogP contribution < -0.4 is 0 Å². The molecule has 6 nitrogen and oxygen atoms in total. The summed E-state index contributed by atoms with van der Waals surface area (Å²) in [6, 6.07) is 0.840. The van der Waals surface area contributed by atoms with Crippen LogP contribution in [0.25, 0.3) is 0 Å². The fourth-order valence-electron chi connectivity index (χ4n) is 3.33. The molecule has 0 spiro atoms. The average Bonchev–Trinajstić information content (AvgIpc) is 3.39. The zero-order chi connectivity index (χ0) is 18.3. The van der Waals surface area contributed by atoms with E-state index in [0.29, 0.717) is 36.9 Å².